The summed E-state index contributed by atoms with van der Waals surface area (Å²) in [5.41, 5.74) is 29.7. The van der Waals surface area contributed by atoms with Gasteiger partial charge >= 0.3 is 0 Å². The van der Waals surface area contributed by atoms with Crippen molar-refractivity contribution in [3.8, 4) is 67.7 Å². The van der Waals surface area contributed by atoms with Crippen LogP contribution in [0.15, 0.2) is 143 Å². The molecular formula is C55H52N20O4. The van der Waals surface area contributed by atoms with E-state index in [4.69, 9.17) is 30.5 Å². The van der Waals surface area contributed by atoms with Gasteiger partial charge in [0.25, 0.3) is 0 Å². The molecule has 14 heterocycles. The van der Waals surface area contributed by atoms with Crippen LogP contribution < -0.4 is 22.5 Å². The fourth-order valence-electron chi connectivity index (χ4n) is 9.56. The number of rotatable bonds is 8. The summed E-state index contributed by atoms with van der Waals surface area (Å²) >= 11 is 0. The van der Waals surface area contributed by atoms with E-state index >= 15 is 0 Å². The Labute approximate surface area is 449 Å². The summed E-state index contributed by atoms with van der Waals surface area (Å²) in [7, 11) is 1.86. The molecule has 24 heteroatoms. The molecule has 14 rings (SSSR count). The third-order valence-corrected chi connectivity index (χ3v) is 13.9. The van der Waals surface area contributed by atoms with Crippen molar-refractivity contribution in [2.75, 3.05) is 43.4 Å². The highest BCUT2D eigenvalue weighted by molar-refractivity contribution is 5.83. The van der Waals surface area contributed by atoms with Crippen LogP contribution in [0.5, 0.6) is 0 Å². The van der Waals surface area contributed by atoms with Crippen LogP contribution in [-0.2, 0) is 11.8 Å². The molecule has 24 nitrogen and oxygen atoms in total. The molecule has 396 valence electrons. The second kappa shape index (κ2) is 21.4. The fraction of sp³-hybridized carbons (Fsp3) is 0.218. The van der Waals surface area contributed by atoms with Crippen LogP contribution in [0.25, 0.3) is 101 Å². The minimum absolute atomic E-state index is 0.130. The first kappa shape index (κ1) is 49.6. The van der Waals surface area contributed by atoms with Crippen LogP contribution in [0.3, 0.4) is 0 Å². The van der Waals surface area contributed by atoms with Gasteiger partial charge in [-0.3, -0.25) is 33.8 Å². The number of nitrogen functional groups attached to an aromatic ring is 3. The molecule has 0 aromatic carbocycles. The van der Waals surface area contributed by atoms with E-state index < -0.39 is 0 Å². The third kappa shape index (κ3) is 10.5. The Hall–Kier alpha value is -10.2. The van der Waals surface area contributed by atoms with E-state index in [0.717, 1.165) is 85.2 Å². The van der Waals surface area contributed by atoms with Crippen molar-refractivity contribution in [1.82, 2.24) is 84.4 Å². The SMILES string of the molecule is CC(=O)N1CCC(n2cc(-c3cnc(N)c(-c4nc5cnccc5o4)c3)cn2)CC1.Cn1cc(-c2cnc(N)c(-c3nc4cnccc4o3)c2)cn1.Nc1ncc(-c2cnn(C3CCNCC3)c2)cc1-c1nc2cnccc2o1. The molecule has 1 amide bonds. The standard InChI is InChI=1S/C21H21N7O2.C19H19N7O.C15H12N6O/c1-13(29)27-6-3-16(4-7-27)28-12-15(10-25-28)14-8-17(20(22)24-9-14)21-26-18-11-23-5-2-19(18)30-21;20-18-15(19-25-16-10-22-6-3-17(16)27-19)7-12(8-23-18)13-9-24-26(11-13)14-1-4-21-5-2-14;1-21-8-10(6-19-21)9-4-11(14(16)18-5-9)15-20-12-7-17-3-2-13(12)22-15/h2,5,8-12,16H,3-4,6-7H2,1H3,(H2,22,24);3,6-11,14,21H,1-2,4-5H2,(H2,20,23);2-8H,1H3,(H2,16,18). The number of nitrogens with one attached hydrogen (secondary N) is 1. The van der Waals surface area contributed by atoms with Gasteiger partial charge in [0.1, 0.15) is 34.0 Å². The molecule has 7 N–H and O–H groups in total. The number of nitrogens with zero attached hydrogens (tertiary/aromatic N) is 16. The Kier molecular flexibility index (Phi) is 13.5. The summed E-state index contributed by atoms with van der Waals surface area (Å²) in [5.74, 6) is 2.51. The van der Waals surface area contributed by atoms with Crippen LogP contribution in [0.4, 0.5) is 17.5 Å². The highest BCUT2D eigenvalue weighted by atomic mass is 16.4. The highest BCUT2D eigenvalue weighted by Crippen LogP contribution is 2.35. The zero-order chi connectivity index (χ0) is 54.0. The minimum Gasteiger partial charge on any atom is -0.436 e. The second-order valence-electron chi connectivity index (χ2n) is 19.1. The summed E-state index contributed by atoms with van der Waals surface area (Å²) in [6.07, 6.45) is 30.6. The molecule has 12 aromatic rings. The number of carbonyl (C=O) groups is 1. The van der Waals surface area contributed by atoms with E-state index in [1.165, 1.54) is 0 Å². The number of amides is 1. The number of hydrogen-bond donors (Lipinski definition) is 4. The van der Waals surface area contributed by atoms with Crippen molar-refractivity contribution in [2.24, 2.45) is 7.05 Å². The van der Waals surface area contributed by atoms with Crippen LogP contribution in [0, 0.1) is 0 Å². The van der Waals surface area contributed by atoms with Crippen molar-refractivity contribution in [3.05, 3.63) is 129 Å². The van der Waals surface area contributed by atoms with Gasteiger partial charge in [-0.2, -0.15) is 15.3 Å². The molecule has 0 unspecified atom stereocenters. The molecular weight excluding hydrogens is 1000 g/mol. The van der Waals surface area contributed by atoms with E-state index in [1.807, 2.05) is 59.6 Å². The monoisotopic (exact) mass is 1060 g/mol. The summed E-state index contributed by atoms with van der Waals surface area (Å²) in [6, 6.07) is 11.8. The Morgan fingerprint density at radius 2 is 0.911 bits per heavy atom. The van der Waals surface area contributed by atoms with Gasteiger partial charge < -0.3 is 40.7 Å². The van der Waals surface area contributed by atoms with Gasteiger partial charge in [0.15, 0.2) is 16.7 Å². The van der Waals surface area contributed by atoms with Crippen LogP contribution >= 0.6 is 0 Å². The number of pyridine rings is 6. The lowest BCUT2D eigenvalue weighted by Gasteiger charge is -2.31. The molecule has 2 fully saturated rings. The number of anilines is 3. The van der Waals surface area contributed by atoms with Crippen LogP contribution in [0.2, 0.25) is 0 Å². The Balaban J connectivity index is 0.000000120. The molecule has 2 aliphatic heterocycles. The van der Waals surface area contributed by atoms with Crippen molar-refractivity contribution >= 4 is 56.7 Å². The Morgan fingerprint density at radius 3 is 1.29 bits per heavy atom. The van der Waals surface area contributed by atoms with Gasteiger partial charge in [-0.05, 0) is 57.0 Å². The first-order valence-corrected chi connectivity index (χ1v) is 25.5. The number of hydrogen-bond acceptors (Lipinski definition) is 20. The zero-order valence-electron chi connectivity index (χ0n) is 43.0. The minimum atomic E-state index is 0.130. The molecule has 2 aliphatic rings. The predicted molar refractivity (Wildman–Crippen MR) is 295 cm³/mol. The van der Waals surface area contributed by atoms with Crippen LogP contribution in [0.1, 0.15) is 44.7 Å². The van der Waals surface area contributed by atoms with Gasteiger partial charge in [-0.15, -0.1) is 0 Å². The second-order valence-corrected chi connectivity index (χ2v) is 19.1. The predicted octanol–water partition coefficient (Wildman–Crippen LogP) is 7.84. The van der Waals surface area contributed by atoms with Crippen LogP contribution in [-0.4, -0.2) is 111 Å². The number of aromatic nitrogens is 15. The fourth-order valence-corrected chi connectivity index (χ4v) is 9.56. The molecule has 0 saturated carbocycles. The molecule has 2 saturated heterocycles. The molecule has 0 bridgehead atoms. The third-order valence-electron chi connectivity index (χ3n) is 13.9. The number of likely N-dealkylation sites (tertiary alicyclic amines) is 1. The zero-order valence-corrected chi connectivity index (χ0v) is 43.0. The molecule has 79 heavy (non-hydrogen) atoms. The van der Waals surface area contributed by atoms with E-state index in [0.29, 0.717) is 91.2 Å². The van der Waals surface area contributed by atoms with Crippen molar-refractivity contribution < 1.29 is 18.0 Å². The quantitative estimate of drug-likeness (QED) is 0.113. The maximum atomic E-state index is 11.5. The lowest BCUT2D eigenvalue weighted by Crippen LogP contribution is -2.37. The van der Waals surface area contributed by atoms with Crippen molar-refractivity contribution in [3.63, 3.8) is 0 Å². The Morgan fingerprint density at radius 1 is 0.519 bits per heavy atom. The highest BCUT2D eigenvalue weighted by Gasteiger charge is 2.24. The maximum Gasteiger partial charge on any atom is 0.231 e. The summed E-state index contributed by atoms with van der Waals surface area (Å²) in [4.78, 5) is 51.9. The van der Waals surface area contributed by atoms with E-state index in [9.17, 15) is 4.79 Å². The molecule has 0 spiro atoms. The lowest BCUT2D eigenvalue weighted by atomic mass is 10.1. The summed E-state index contributed by atoms with van der Waals surface area (Å²) in [6.45, 7) is 5.19. The number of carbonyl (C=O) groups excluding carboxylic acids is 1. The Bertz CT molecular complexity index is 4020. The molecule has 0 atom stereocenters. The first-order valence-electron chi connectivity index (χ1n) is 25.5. The van der Waals surface area contributed by atoms with Gasteiger partial charge in [-0.25, -0.2) is 29.9 Å². The van der Waals surface area contributed by atoms with Gasteiger partial charge in [0.2, 0.25) is 23.6 Å². The summed E-state index contributed by atoms with van der Waals surface area (Å²) in [5, 5.41) is 16.7. The number of nitrogens with two attached hydrogens (primary N) is 3. The molecule has 0 radical (unpaired) electrons. The van der Waals surface area contributed by atoms with E-state index in [2.05, 4.69) is 76.3 Å². The number of oxazole rings is 3. The molecule has 0 aliphatic carbocycles. The van der Waals surface area contributed by atoms with Crippen molar-refractivity contribution in [2.45, 2.75) is 44.7 Å². The lowest BCUT2D eigenvalue weighted by molar-refractivity contribution is -0.130. The average Bonchev–Trinajstić information content (AvgIpc) is 4.44. The smallest absolute Gasteiger partial charge is 0.231 e. The van der Waals surface area contributed by atoms with Gasteiger partial charge in [0, 0.05) is 134 Å². The maximum absolute atomic E-state index is 11.5. The van der Waals surface area contributed by atoms with Gasteiger partial charge in [-0.1, -0.05) is 0 Å². The molecule has 12 aromatic heterocycles. The number of fused-ring (bicyclic) bond motifs is 3. The topological polar surface area (TPSA) is 319 Å². The largest absolute Gasteiger partial charge is 0.436 e. The first-order chi connectivity index (χ1) is 38.6. The average molecular weight is 1060 g/mol. The van der Waals surface area contributed by atoms with Gasteiger partial charge in [0.05, 0.1) is 66.0 Å². The van der Waals surface area contributed by atoms with E-state index in [-0.39, 0.29) is 11.9 Å². The van der Waals surface area contributed by atoms with E-state index in [1.54, 1.807) is 91.8 Å². The number of aryl methyl sites for hydroxylation is 1. The van der Waals surface area contributed by atoms with Crippen molar-refractivity contribution in [1.29, 1.82) is 0 Å². The normalized spacial score (nSPS) is 14.1. The summed E-state index contributed by atoms with van der Waals surface area (Å²) < 4.78 is 23.2. The number of piperidine rings is 2.